The zero-order valence-corrected chi connectivity index (χ0v) is 13.4. The quantitative estimate of drug-likeness (QED) is 0.758. The van der Waals surface area contributed by atoms with E-state index in [1.807, 2.05) is 59.4 Å². The van der Waals surface area contributed by atoms with Gasteiger partial charge in [-0.05, 0) is 29.8 Å². The molecule has 2 aromatic heterocycles. The summed E-state index contributed by atoms with van der Waals surface area (Å²) in [6.45, 7) is 0. The van der Waals surface area contributed by atoms with Gasteiger partial charge in [0.15, 0.2) is 0 Å². The Balaban J connectivity index is 1.84. The van der Waals surface area contributed by atoms with Crippen LogP contribution in [0.15, 0.2) is 73.2 Å². The predicted octanol–water partition coefficient (Wildman–Crippen LogP) is 3.31. The molecule has 0 radical (unpaired) electrons. The average molecular weight is 321 g/mol. The van der Waals surface area contributed by atoms with Crippen LogP contribution in [0.25, 0.3) is 0 Å². The lowest BCUT2D eigenvalue weighted by Gasteiger charge is -2.19. The van der Waals surface area contributed by atoms with Crippen LogP contribution in [0.4, 0.5) is 5.69 Å². The Morgan fingerprint density at radius 3 is 2.58 bits per heavy atom. The van der Waals surface area contributed by atoms with Gasteiger partial charge >= 0.3 is 0 Å². The van der Waals surface area contributed by atoms with Gasteiger partial charge in [-0.2, -0.15) is 0 Å². The Morgan fingerprint density at radius 2 is 1.88 bits per heavy atom. The third-order valence-corrected chi connectivity index (χ3v) is 3.78. The predicted molar refractivity (Wildman–Crippen MR) is 93.0 cm³/mol. The van der Waals surface area contributed by atoms with Gasteiger partial charge in [0.2, 0.25) is 11.8 Å². The van der Waals surface area contributed by atoms with E-state index in [2.05, 4.69) is 10.3 Å². The van der Waals surface area contributed by atoms with Crippen molar-refractivity contribution >= 4 is 11.6 Å². The molecule has 0 saturated carbocycles. The molecule has 0 saturated heterocycles. The van der Waals surface area contributed by atoms with Crippen molar-refractivity contribution in [3.8, 4) is 5.88 Å². The van der Waals surface area contributed by atoms with E-state index in [0.29, 0.717) is 18.0 Å². The maximum Gasteiger partial charge on any atom is 0.247 e. The maximum absolute atomic E-state index is 12.9. The molecule has 0 bridgehead atoms. The fraction of sp³-hybridized carbons (Fsp3) is 0.158. The van der Waals surface area contributed by atoms with Gasteiger partial charge in [-0.15, -0.1) is 0 Å². The Hall–Kier alpha value is -3.08. The number of nitrogens with zero attached hydrogens (tertiary/aromatic N) is 2. The fourth-order valence-corrected chi connectivity index (χ4v) is 2.59. The van der Waals surface area contributed by atoms with E-state index in [4.69, 9.17) is 4.74 Å². The number of hydrogen-bond acceptors (Lipinski definition) is 3. The summed E-state index contributed by atoms with van der Waals surface area (Å²) >= 11 is 0. The summed E-state index contributed by atoms with van der Waals surface area (Å²) in [6.07, 6.45) is 6.02. The minimum atomic E-state index is -0.354. The van der Waals surface area contributed by atoms with E-state index in [1.165, 1.54) is 7.11 Å². The fourth-order valence-electron chi connectivity index (χ4n) is 2.59. The van der Waals surface area contributed by atoms with E-state index >= 15 is 0 Å². The van der Waals surface area contributed by atoms with Crippen LogP contribution in [-0.2, 0) is 11.2 Å². The van der Waals surface area contributed by atoms with Crippen LogP contribution in [0.5, 0.6) is 5.88 Å². The van der Waals surface area contributed by atoms with Crippen molar-refractivity contribution in [1.82, 2.24) is 9.55 Å². The highest BCUT2D eigenvalue weighted by atomic mass is 16.5. The van der Waals surface area contributed by atoms with E-state index in [0.717, 1.165) is 5.56 Å². The molecular weight excluding hydrogens is 302 g/mol. The molecule has 5 nitrogen and oxygen atoms in total. The Kier molecular flexibility index (Phi) is 4.91. The summed E-state index contributed by atoms with van der Waals surface area (Å²) in [7, 11) is 1.53. The summed E-state index contributed by atoms with van der Waals surface area (Å²) in [6, 6.07) is 17.0. The lowest BCUT2D eigenvalue weighted by Crippen LogP contribution is -2.27. The lowest BCUT2D eigenvalue weighted by atomic mass is 10.1. The smallest absolute Gasteiger partial charge is 0.247 e. The van der Waals surface area contributed by atoms with E-state index in [9.17, 15) is 4.79 Å². The highest BCUT2D eigenvalue weighted by Crippen LogP contribution is 2.23. The van der Waals surface area contributed by atoms with Crippen molar-refractivity contribution in [2.24, 2.45) is 0 Å². The van der Waals surface area contributed by atoms with Crippen molar-refractivity contribution in [1.29, 1.82) is 0 Å². The first-order chi connectivity index (χ1) is 11.8. The average Bonchev–Trinajstić information content (AvgIpc) is 3.15. The molecule has 0 aliphatic carbocycles. The van der Waals surface area contributed by atoms with Gasteiger partial charge in [0.25, 0.3) is 0 Å². The molecule has 1 aromatic carbocycles. The molecule has 1 atom stereocenters. The summed E-state index contributed by atoms with van der Waals surface area (Å²) < 4.78 is 7.11. The number of hydrogen-bond donors (Lipinski definition) is 1. The Bertz CT molecular complexity index is 785. The molecule has 0 aliphatic rings. The number of carbonyl (C=O) groups excluding carboxylic acids is 1. The molecule has 0 fully saturated rings. The van der Waals surface area contributed by atoms with Gasteiger partial charge in [-0.25, -0.2) is 4.98 Å². The number of aromatic nitrogens is 2. The zero-order valence-electron chi connectivity index (χ0n) is 13.4. The van der Waals surface area contributed by atoms with Gasteiger partial charge in [-0.3, -0.25) is 4.79 Å². The van der Waals surface area contributed by atoms with Crippen LogP contribution in [0.3, 0.4) is 0 Å². The largest absolute Gasteiger partial charge is 0.480 e. The standard InChI is InChI=1S/C19H19N3O2/c1-24-19-16(10-7-11-20-19)21-18(23)17(22-12-5-6-13-22)14-15-8-3-2-4-9-15/h2-13,17H,14H2,1H3,(H,21,23)/t17-/m0/s1. The van der Waals surface area contributed by atoms with Crippen molar-refractivity contribution in [2.45, 2.75) is 12.5 Å². The topological polar surface area (TPSA) is 56.1 Å². The third kappa shape index (κ3) is 3.63. The molecule has 3 aromatic rings. The van der Waals surface area contributed by atoms with Crippen molar-refractivity contribution in [3.05, 3.63) is 78.8 Å². The number of benzene rings is 1. The van der Waals surface area contributed by atoms with Crippen molar-refractivity contribution in [2.75, 3.05) is 12.4 Å². The number of anilines is 1. The Labute approximate surface area is 140 Å². The zero-order chi connectivity index (χ0) is 16.8. The number of amides is 1. The molecule has 24 heavy (non-hydrogen) atoms. The third-order valence-electron chi connectivity index (χ3n) is 3.78. The molecule has 3 rings (SSSR count). The Morgan fingerprint density at radius 1 is 1.12 bits per heavy atom. The molecule has 1 N–H and O–H groups in total. The van der Waals surface area contributed by atoms with Crippen LogP contribution in [0.1, 0.15) is 11.6 Å². The van der Waals surface area contributed by atoms with Gasteiger partial charge in [0, 0.05) is 25.0 Å². The molecule has 1 amide bonds. The number of ether oxygens (including phenoxy) is 1. The van der Waals surface area contributed by atoms with Gasteiger partial charge in [0.1, 0.15) is 11.7 Å². The highest BCUT2D eigenvalue weighted by Gasteiger charge is 2.21. The summed E-state index contributed by atoms with van der Waals surface area (Å²) in [5.74, 6) is 0.290. The lowest BCUT2D eigenvalue weighted by molar-refractivity contribution is -0.119. The molecule has 0 unspecified atom stereocenters. The first-order valence-corrected chi connectivity index (χ1v) is 7.74. The molecule has 0 aliphatic heterocycles. The van der Waals surface area contributed by atoms with Crippen LogP contribution < -0.4 is 10.1 Å². The van der Waals surface area contributed by atoms with Crippen molar-refractivity contribution in [3.63, 3.8) is 0 Å². The SMILES string of the molecule is COc1ncccc1NC(=O)[C@H](Cc1ccccc1)n1cccc1. The first-order valence-electron chi connectivity index (χ1n) is 7.74. The monoisotopic (exact) mass is 321 g/mol. The second-order valence-corrected chi connectivity index (χ2v) is 5.39. The first kappa shape index (κ1) is 15.8. The minimum Gasteiger partial charge on any atom is -0.480 e. The van der Waals surface area contributed by atoms with E-state index < -0.39 is 0 Å². The van der Waals surface area contributed by atoms with Crippen LogP contribution in [0.2, 0.25) is 0 Å². The van der Waals surface area contributed by atoms with Gasteiger partial charge < -0.3 is 14.6 Å². The normalized spacial score (nSPS) is 11.7. The highest BCUT2D eigenvalue weighted by molar-refractivity contribution is 5.94. The van der Waals surface area contributed by atoms with Crippen molar-refractivity contribution < 1.29 is 9.53 Å². The second-order valence-electron chi connectivity index (χ2n) is 5.39. The molecular formula is C19H19N3O2. The van der Waals surface area contributed by atoms with E-state index in [-0.39, 0.29) is 11.9 Å². The molecule has 122 valence electrons. The number of pyridine rings is 1. The van der Waals surface area contributed by atoms with Crippen LogP contribution in [-0.4, -0.2) is 22.6 Å². The number of carbonyl (C=O) groups is 1. The van der Waals surface area contributed by atoms with E-state index in [1.54, 1.807) is 18.3 Å². The minimum absolute atomic E-state index is 0.110. The maximum atomic E-state index is 12.9. The second kappa shape index (κ2) is 7.46. The molecule has 2 heterocycles. The summed E-state index contributed by atoms with van der Waals surface area (Å²) in [5, 5.41) is 2.92. The summed E-state index contributed by atoms with van der Waals surface area (Å²) in [5.41, 5.74) is 1.67. The van der Waals surface area contributed by atoms with Gasteiger partial charge in [-0.1, -0.05) is 30.3 Å². The van der Waals surface area contributed by atoms with Crippen LogP contribution in [0, 0.1) is 0 Å². The molecule has 0 spiro atoms. The number of nitrogens with one attached hydrogen (secondary N) is 1. The molecule has 5 heteroatoms. The number of rotatable bonds is 6. The summed E-state index contributed by atoms with van der Waals surface area (Å²) in [4.78, 5) is 17.0. The number of methoxy groups -OCH3 is 1. The van der Waals surface area contributed by atoms with Gasteiger partial charge in [0.05, 0.1) is 7.11 Å². The van der Waals surface area contributed by atoms with Crippen LogP contribution >= 0.6 is 0 Å².